The van der Waals surface area contributed by atoms with Gasteiger partial charge in [0.1, 0.15) is 5.37 Å². The maximum absolute atomic E-state index is 13.2. The van der Waals surface area contributed by atoms with Crippen LogP contribution in [-0.2, 0) is 9.59 Å². The number of hydrazine groups is 1. The molecule has 0 saturated carbocycles. The maximum atomic E-state index is 13.2. The van der Waals surface area contributed by atoms with Gasteiger partial charge in [-0.15, -0.1) is 11.8 Å². The molecule has 3 N–H and O–H groups in total. The van der Waals surface area contributed by atoms with Gasteiger partial charge in [-0.2, -0.15) is 0 Å². The number of carbonyl (C=O) groups excluding carboxylic acids is 3. The van der Waals surface area contributed by atoms with Gasteiger partial charge >= 0.3 is 5.97 Å². The van der Waals surface area contributed by atoms with Gasteiger partial charge in [0, 0.05) is 16.8 Å². The number of carbonyl (C=O) groups is 4. The molecule has 0 spiro atoms. The maximum Gasteiger partial charge on any atom is 0.305 e. The van der Waals surface area contributed by atoms with Crippen LogP contribution in [0.5, 0.6) is 28.7 Å². The van der Waals surface area contributed by atoms with Crippen molar-refractivity contribution >= 4 is 41.1 Å². The van der Waals surface area contributed by atoms with Gasteiger partial charge in [-0.3, -0.25) is 24.6 Å². The number of hydrogen-bond donors (Lipinski definition) is 3. The van der Waals surface area contributed by atoms with Gasteiger partial charge in [-0.1, -0.05) is 6.07 Å². The normalized spacial score (nSPS) is 15.8. The molecule has 0 aliphatic carbocycles. The van der Waals surface area contributed by atoms with E-state index in [0.29, 0.717) is 40.0 Å². The van der Waals surface area contributed by atoms with E-state index in [1.165, 1.54) is 71.9 Å². The summed E-state index contributed by atoms with van der Waals surface area (Å²) < 4.78 is 26.6. The van der Waals surface area contributed by atoms with Crippen molar-refractivity contribution in [3.8, 4) is 28.7 Å². The Morgan fingerprint density at radius 1 is 0.773 bits per heavy atom. The summed E-state index contributed by atoms with van der Waals surface area (Å²) in [5.74, 6) is -0.896. The first kappa shape index (κ1) is 31.8. The largest absolute Gasteiger partial charge is 0.493 e. The molecule has 44 heavy (non-hydrogen) atoms. The molecule has 3 aromatic carbocycles. The number of thioether (sulfide) groups is 1. The molecule has 13 nitrogen and oxygen atoms in total. The number of benzene rings is 3. The Hall–Kier alpha value is -5.11. The van der Waals surface area contributed by atoms with Gasteiger partial charge in [0.15, 0.2) is 23.0 Å². The average Bonchev–Trinajstić information content (AvgIpc) is 3.33. The minimum absolute atomic E-state index is 0.196. The molecule has 1 aliphatic rings. The zero-order valence-electron chi connectivity index (χ0n) is 24.5. The summed E-state index contributed by atoms with van der Waals surface area (Å²) in [6, 6.07) is 14.1. The van der Waals surface area contributed by atoms with Crippen LogP contribution in [0.3, 0.4) is 0 Å². The number of ether oxygens (including phenoxy) is 5. The summed E-state index contributed by atoms with van der Waals surface area (Å²) in [6.07, 6.45) is -0.417. The summed E-state index contributed by atoms with van der Waals surface area (Å²) in [4.78, 5) is 50.8. The molecular weight excluding hydrogens is 594 g/mol. The first-order chi connectivity index (χ1) is 21.1. The van der Waals surface area contributed by atoms with Crippen molar-refractivity contribution in [2.24, 2.45) is 0 Å². The van der Waals surface area contributed by atoms with E-state index in [1.807, 2.05) is 0 Å². The van der Waals surface area contributed by atoms with Gasteiger partial charge in [-0.05, 0) is 54.1 Å². The minimum atomic E-state index is -1.14. The lowest BCUT2D eigenvalue weighted by atomic mass is 10.1. The molecule has 2 atom stereocenters. The Balaban J connectivity index is 1.52. The third-order valence-electron chi connectivity index (χ3n) is 6.65. The first-order valence-corrected chi connectivity index (χ1v) is 14.0. The number of nitrogens with zero attached hydrogens (tertiary/aromatic N) is 1. The second kappa shape index (κ2) is 13.9. The number of anilines is 1. The van der Waals surface area contributed by atoms with Crippen molar-refractivity contribution in [1.29, 1.82) is 0 Å². The monoisotopic (exact) mass is 625 g/mol. The standard InChI is InChI=1S/C30H31N3O10S/c1-39-20-11-8-17(12-21(20)40-2)30-33(29(38)24(44-30)15-25(34)35)32-28(37)16-6-9-19(10-7-16)31-27(36)18-13-22(41-3)26(43-5)23(14-18)42-4/h6-14,24,30H,15H2,1-5H3,(H,31,36)(H,32,37)(H,34,35). The topological polar surface area (TPSA) is 162 Å². The van der Waals surface area contributed by atoms with Crippen molar-refractivity contribution in [2.75, 3.05) is 40.9 Å². The predicted octanol–water partition coefficient (Wildman–Crippen LogP) is 3.74. The molecule has 4 rings (SSSR count). The smallest absolute Gasteiger partial charge is 0.305 e. The van der Waals surface area contributed by atoms with Crippen molar-refractivity contribution in [1.82, 2.24) is 10.4 Å². The number of hydrogen-bond acceptors (Lipinski definition) is 10. The first-order valence-electron chi connectivity index (χ1n) is 13.1. The average molecular weight is 626 g/mol. The van der Waals surface area contributed by atoms with Gasteiger partial charge in [0.05, 0.1) is 47.2 Å². The number of nitrogens with one attached hydrogen (secondary N) is 2. The van der Waals surface area contributed by atoms with E-state index < -0.39 is 40.7 Å². The molecule has 0 aromatic heterocycles. The van der Waals surface area contributed by atoms with Crippen molar-refractivity contribution in [2.45, 2.75) is 17.0 Å². The van der Waals surface area contributed by atoms with Crippen LogP contribution in [-0.4, -0.2) is 74.6 Å². The summed E-state index contributed by atoms with van der Waals surface area (Å²) in [6.45, 7) is 0. The van der Waals surface area contributed by atoms with Crippen LogP contribution in [0.2, 0.25) is 0 Å². The van der Waals surface area contributed by atoms with Gasteiger partial charge in [-0.25, -0.2) is 5.01 Å². The number of aliphatic carboxylic acids is 1. The molecule has 3 aromatic rings. The van der Waals surface area contributed by atoms with E-state index in [9.17, 15) is 24.3 Å². The fourth-order valence-corrected chi connectivity index (χ4v) is 5.84. The molecule has 1 aliphatic heterocycles. The third-order valence-corrected chi connectivity index (χ3v) is 8.08. The van der Waals surface area contributed by atoms with Crippen LogP contribution in [0.4, 0.5) is 5.69 Å². The van der Waals surface area contributed by atoms with E-state index in [2.05, 4.69) is 10.7 Å². The number of carboxylic acids is 1. The highest BCUT2D eigenvalue weighted by Crippen LogP contribution is 2.45. The summed E-state index contributed by atoms with van der Waals surface area (Å²) in [5, 5.41) is 11.6. The molecule has 1 saturated heterocycles. The Kier molecular flexibility index (Phi) is 10.1. The number of carboxylic acid groups (broad SMARTS) is 1. The van der Waals surface area contributed by atoms with Crippen LogP contribution in [0, 0.1) is 0 Å². The van der Waals surface area contributed by atoms with Crippen LogP contribution >= 0.6 is 11.8 Å². The Labute approximate surface area is 257 Å². The molecular formula is C30H31N3O10S. The summed E-state index contributed by atoms with van der Waals surface area (Å²) in [5.41, 5.74) is 4.06. The lowest BCUT2D eigenvalue weighted by Gasteiger charge is -2.25. The number of amides is 3. The highest BCUT2D eigenvalue weighted by Gasteiger charge is 2.43. The third kappa shape index (κ3) is 6.75. The van der Waals surface area contributed by atoms with E-state index in [4.69, 9.17) is 23.7 Å². The molecule has 1 heterocycles. The number of methoxy groups -OCH3 is 5. The quantitative estimate of drug-likeness (QED) is 0.269. The van der Waals surface area contributed by atoms with E-state index >= 15 is 0 Å². The Bertz CT molecular complexity index is 1540. The summed E-state index contributed by atoms with van der Waals surface area (Å²) >= 11 is 1.10. The van der Waals surface area contributed by atoms with Crippen LogP contribution in [0.15, 0.2) is 54.6 Å². The van der Waals surface area contributed by atoms with Crippen molar-refractivity contribution in [3.05, 3.63) is 71.3 Å². The molecule has 0 bridgehead atoms. The zero-order valence-corrected chi connectivity index (χ0v) is 25.4. The summed E-state index contributed by atoms with van der Waals surface area (Å²) in [7, 11) is 7.31. The zero-order chi connectivity index (χ0) is 32.0. The van der Waals surface area contributed by atoms with Gasteiger partial charge in [0.2, 0.25) is 5.75 Å². The van der Waals surface area contributed by atoms with Gasteiger partial charge < -0.3 is 34.1 Å². The highest BCUT2D eigenvalue weighted by molar-refractivity contribution is 8.01. The Morgan fingerprint density at radius 2 is 1.39 bits per heavy atom. The van der Waals surface area contributed by atoms with E-state index in [-0.39, 0.29) is 11.1 Å². The highest BCUT2D eigenvalue weighted by atomic mass is 32.2. The molecule has 14 heteroatoms. The second-order valence-electron chi connectivity index (χ2n) is 9.28. The second-order valence-corrected chi connectivity index (χ2v) is 10.6. The molecule has 0 radical (unpaired) electrons. The van der Waals surface area contributed by atoms with Gasteiger partial charge in [0.25, 0.3) is 17.7 Å². The minimum Gasteiger partial charge on any atom is -0.493 e. The lowest BCUT2D eigenvalue weighted by Crippen LogP contribution is -2.46. The fourth-order valence-electron chi connectivity index (χ4n) is 4.48. The van der Waals surface area contributed by atoms with E-state index in [0.717, 1.165) is 16.8 Å². The fraction of sp³-hybridized carbons (Fsp3) is 0.267. The lowest BCUT2D eigenvalue weighted by molar-refractivity contribution is -0.140. The molecule has 1 fully saturated rings. The van der Waals surface area contributed by atoms with Crippen molar-refractivity contribution in [3.63, 3.8) is 0 Å². The van der Waals surface area contributed by atoms with Crippen molar-refractivity contribution < 1.29 is 48.0 Å². The predicted molar refractivity (Wildman–Crippen MR) is 161 cm³/mol. The SMILES string of the molecule is COc1ccc(C2SC(CC(=O)O)C(=O)N2NC(=O)c2ccc(NC(=O)c3cc(OC)c(OC)c(OC)c3)cc2)cc1OC. The number of rotatable bonds is 12. The van der Waals surface area contributed by atoms with Crippen LogP contribution in [0.25, 0.3) is 0 Å². The van der Waals surface area contributed by atoms with Crippen LogP contribution < -0.4 is 34.4 Å². The molecule has 2 unspecified atom stereocenters. The molecule has 232 valence electrons. The molecule has 3 amide bonds. The van der Waals surface area contributed by atoms with Crippen LogP contribution in [0.1, 0.15) is 38.1 Å². The Morgan fingerprint density at radius 3 is 1.93 bits per heavy atom. The van der Waals surface area contributed by atoms with E-state index in [1.54, 1.807) is 18.2 Å².